The van der Waals surface area contributed by atoms with Crippen molar-refractivity contribution < 1.29 is 14.2 Å². The maximum atomic E-state index is 13.5. The number of rotatable bonds is 6. The summed E-state index contributed by atoms with van der Waals surface area (Å²) in [7, 11) is 0. The quantitative estimate of drug-likeness (QED) is 0.541. The van der Waals surface area contributed by atoms with Crippen LogP contribution in [-0.2, 0) is 6.54 Å². The Hall–Kier alpha value is -3.52. The van der Waals surface area contributed by atoms with E-state index in [2.05, 4.69) is 27.0 Å². The third-order valence-electron chi connectivity index (χ3n) is 7.06. The molecule has 1 aromatic heterocycles. The summed E-state index contributed by atoms with van der Waals surface area (Å²) >= 11 is 0. The van der Waals surface area contributed by atoms with Crippen LogP contribution in [0.4, 0.5) is 5.69 Å². The van der Waals surface area contributed by atoms with Gasteiger partial charge < -0.3 is 19.1 Å². The molecule has 0 unspecified atom stereocenters. The summed E-state index contributed by atoms with van der Waals surface area (Å²) in [5.41, 5.74) is 2.56. The van der Waals surface area contributed by atoms with Crippen molar-refractivity contribution in [1.29, 1.82) is 0 Å². The van der Waals surface area contributed by atoms with Gasteiger partial charge in [0.15, 0.2) is 11.5 Å². The second-order valence-electron chi connectivity index (χ2n) is 9.39. The molecule has 1 saturated heterocycles. The van der Waals surface area contributed by atoms with Gasteiger partial charge in [-0.3, -0.25) is 9.69 Å². The Balaban J connectivity index is 1.20. The maximum absolute atomic E-state index is 13.5. The van der Waals surface area contributed by atoms with Crippen molar-refractivity contribution in [3.05, 3.63) is 70.6 Å². The van der Waals surface area contributed by atoms with Crippen LogP contribution in [0.5, 0.6) is 17.2 Å². The van der Waals surface area contributed by atoms with E-state index in [1.54, 1.807) is 6.20 Å². The van der Waals surface area contributed by atoms with Crippen LogP contribution in [0.25, 0.3) is 5.69 Å². The molecule has 8 heteroatoms. The predicted octanol–water partition coefficient (Wildman–Crippen LogP) is 3.60. The molecule has 8 nitrogen and oxygen atoms in total. The van der Waals surface area contributed by atoms with Crippen LogP contribution in [0.3, 0.4) is 0 Å². The fraction of sp³-hybridized carbons (Fsp3) is 0.407. The van der Waals surface area contributed by atoms with Crippen LogP contribution in [0.15, 0.2) is 59.5 Å². The second kappa shape index (κ2) is 9.62. The summed E-state index contributed by atoms with van der Waals surface area (Å²) in [4.78, 5) is 18.2. The van der Waals surface area contributed by atoms with Crippen molar-refractivity contribution in [2.75, 3.05) is 37.9 Å². The molecule has 35 heavy (non-hydrogen) atoms. The van der Waals surface area contributed by atoms with Gasteiger partial charge in [0, 0.05) is 32.7 Å². The SMILES string of the molecule is O=c1c(OC2CCCC2)c(N2CCN(Cc3ccc4c(c3)OCO4)CC2)cnn1-c1ccccc1. The van der Waals surface area contributed by atoms with Crippen molar-refractivity contribution in [3.8, 4) is 22.9 Å². The van der Waals surface area contributed by atoms with Crippen LogP contribution in [0.2, 0.25) is 0 Å². The van der Waals surface area contributed by atoms with Crippen LogP contribution in [-0.4, -0.2) is 53.8 Å². The van der Waals surface area contributed by atoms with E-state index in [-0.39, 0.29) is 11.7 Å². The van der Waals surface area contributed by atoms with E-state index >= 15 is 0 Å². The van der Waals surface area contributed by atoms with Crippen molar-refractivity contribution in [3.63, 3.8) is 0 Å². The zero-order valence-corrected chi connectivity index (χ0v) is 19.8. The molecule has 2 aliphatic heterocycles. The van der Waals surface area contributed by atoms with Crippen molar-refractivity contribution in [2.24, 2.45) is 0 Å². The number of aromatic nitrogens is 2. The molecule has 0 spiro atoms. The third-order valence-corrected chi connectivity index (χ3v) is 7.06. The van der Waals surface area contributed by atoms with E-state index in [4.69, 9.17) is 14.2 Å². The number of piperazine rings is 1. The number of para-hydroxylation sites is 1. The molecule has 0 bridgehead atoms. The van der Waals surface area contributed by atoms with Crippen molar-refractivity contribution in [2.45, 2.75) is 38.3 Å². The van der Waals surface area contributed by atoms with Gasteiger partial charge in [-0.25, -0.2) is 0 Å². The topological polar surface area (TPSA) is 69.1 Å². The molecule has 1 aliphatic carbocycles. The number of benzene rings is 2. The largest absolute Gasteiger partial charge is 0.483 e. The molecule has 1 saturated carbocycles. The molecular weight excluding hydrogens is 444 g/mol. The van der Waals surface area contributed by atoms with Crippen LogP contribution in [0, 0.1) is 0 Å². The number of anilines is 1. The molecule has 2 fully saturated rings. The number of hydrogen-bond acceptors (Lipinski definition) is 7. The highest BCUT2D eigenvalue weighted by molar-refractivity contribution is 5.57. The lowest BCUT2D eigenvalue weighted by Crippen LogP contribution is -2.46. The molecule has 182 valence electrons. The van der Waals surface area contributed by atoms with Crippen LogP contribution < -0.4 is 24.7 Å². The molecule has 0 radical (unpaired) electrons. The lowest BCUT2D eigenvalue weighted by atomic mass is 10.1. The van der Waals surface area contributed by atoms with Gasteiger partial charge >= 0.3 is 5.56 Å². The molecule has 0 atom stereocenters. The first-order valence-electron chi connectivity index (χ1n) is 12.4. The molecule has 3 aliphatic rings. The van der Waals surface area contributed by atoms with Gasteiger partial charge in [-0.15, -0.1) is 0 Å². The summed E-state index contributed by atoms with van der Waals surface area (Å²) in [5.74, 6) is 2.06. The van der Waals surface area contributed by atoms with Gasteiger partial charge in [0.05, 0.1) is 18.0 Å². The monoisotopic (exact) mass is 474 g/mol. The molecule has 6 rings (SSSR count). The summed E-state index contributed by atoms with van der Waals surface area (Å²) < 4.78 is 18.8. The van der Waals surface area contributed by atoms with Crippen molar-refractivity contribution >= 4 is 5.69 Å². The van der Waals surface area contributed by atoms with E-state index in [1.165, 1.54) is 10.2 Å². The van der Waals surface area contributed by atoms with Gasteiger partial charge in [0.25, 0.3) is 0 Å². The molecule has 3 aromatic rings. The lowest BCUT2D eigenvalue weighted by molar-refractivity contribution is 0.174. The Morgan fingerprint density at radius 3 is 2.51 bits per heavy atom. The summed E-state index contributed by atoms with van der Waals surface area (Å²) in [6.45, 7) is 4.53. The first-order valence-corrected chi connectivity index (χ1v) is 12.4. The molecule has 0 amide bonds. The van der Waals surface area contributed by atoms with Gasteiger partial charge in [-0.1, -0.05) is 24.3 Å². The minimum absolute atomic E-state index is 0.0976. The Morgan fingerprint density at radius 2 is 1.71 bits per heavy atom. The minimum atomic E-state index is -0.191. The van der Waals surface area contributed by atoms with E-state index in [0.29, 0.717) is 12.5 Å². The van der Waals surface area contributed by atoms with E-state index in [1.807, 2.05) is 36.4 Å². The van der Waals surface area contributed by atoms with Gasteiger partial charge in [-0.2, -0.15) is 9.78 Å². The Kier molecular flexibility index (Phi) is 6.04. The summed E-state index contributed by atoms with van der Waals surface area (Å²) in [5, 5.41) is 4.52. The number of ether oxygens (including phenoxy) is 3. The first kappa shape index (κ1) is 22.0. The number of fused-ring (bicyclic) bond motifs is 1. The fourth-order valence-corrected chi connectivity index (χ4v) is 5.14. The average Bonchev–Trinajstić information content (AvgIpc) is 3.58. The molecular formula is C27H30N4O4. The molecule has 2 aromatic carbocycles. The van der Waals surface area contributed by atoms with Crippen LogP contribution >= 0.6 is 0 Å². The molecule has 3 heterocycles. The lowest BCUT2D eigenvalue weighted by Gasteiger charge is -2.36. The van der Waals surface area contributed by atoms with Crippen LogP contribution in [0.1, 0.15) is 31.2 Å². The highest BCUT2D eigenvalue weighted by Gasteiger charge is 2.27. The van der Waals surface area contributed by atoms with E-state index in [9.17, 15) is 4.79 Å². The van der Waals surface area contributed by atoms with Gasteiger partial charge in [-0.05, 0) is 55.5 Å². The van der Waals surface area contributed by atoms with E-state index < -0.39 is 0 Å². The van der Waals surface area contributed by atoms with Gasteiger partial charge in [0.1, 0.15) is 5.69 Å². The second-order valence-corrected chi connectivity index (χ2v) is 9.39. The highest BCUT2D eigenvalue weighted by Crippen LogP contribution is 2.33. The first-order chi connectivity index (χ1) is 17.2. The highest BCUT2D eigenvalue weighted by atomic mass is 16.7. The number of nitrogens with zero attached hydrogens (tertiary/aromatic N) is 4. The summed E-state index contributed by atoms with van der Waals surface area (Å²) in [6, 6.07) is 15.7. The van der Waals surface area contributed by atoms with E-state index in [0.717, 1.165) is 81.3 Å². The minimum Gasteiger partial charge on any atom is -0.483 e. The fourth-order valence-electron chi connectivity index (χ4n) is 5.14. The van der Waals surface area contributed by atoms with Gasteiger partial charge in [0.2, 0.25) is 12.5 Å². The standard InChI is InChI=1S/C27H30N4O4/c32-27-26(35-22-8-4-5-9-22)23(17-28-31(27)21-6-2-1-3-7-21)30-14-12-29(13-15-30)18-20-10-11-24-25(16-20)34-19-33-24/h1-3,6-7,10-11,16-17,22H,4-5,8-9,12-15,18-19H2. The zero-order chi connectivity index (χ0) is 23.6. The molecule has 0 N–H and O–H groups in total. The smallest absolute Gasteiger partial charge is 0.316 e. The van der Waals surface area contributed by atoms with Crippen molar-refractivity contribution in [1.82, 2.24) is 14.7 Å². The Labute approximate surface area is 204 Å². The maximum Gasteiger partial charge on any atom is 0.316 e. The Bertz CT molecular complexity index is 1230. The normalized spacial score (nSPS) is 18.2. The number of hydrogen-bond donors (Lipinski definition) is 0. The predicted molar refractivity (Wildman–Crippen MR) is 133 cm³/mol. The average molecular weight is 475 g/mol. The summed E-state index contributed by atoms with van der Waals surface area (Å²) in [6.07, 6.45) is 6.19. The zero-order valence-electron chi connectivity index (χ0n) is 19.8. The third kappa shape index (κ3) is 4.58. The Morgan fingerprint density at radius 1 is 0.943 bits per heavy atom.